The van der Waals surface area contributed by atoms with Crippen LogP contribution < -0.4 is 15.0 Å². The van der Waals surface area contributed by atoms with Gasteiger partial charge in [-0.15, -0.1) is 0 Å². The van der Waals surface area contributed by atoms with Gasteiger partial charge in [0.1, 0.15) is 5.75 Å². The van der Waals surface area contributed by atoms with E-state index in [9.17, 15) is 14.4 Å². The number of amides is 2. The number of anilines is 2. The molecule has 1 N–H and O–H groups in total. The number of nitrogens with one attached hydrogen (secondary N) is 1. The van der Waals surface area contributed by atoms with Crippen LogP contribution >= 0.6 is 34.8 Å². The summed E-state index contributed by atoms with van der Waals surface area (Å²) in [5, 5.41) is 3.42. The van der Waals surface area contributed by atoms with Gasteiger partial charge in [0.15, 0.2) is 6.61 Å². The highest BCUT2D eigenvalue weighted by atomic mass is 35.5. The molecule has 0 aromatic heterocycles. The molecule has 158 valence electrons. The van der Waals surface area contributed by atoms with Gasteiger partial charge in [-0.05, 0) is 30.3 Å². The van der Waals surface area contributed by atoms with Crippen LogP contribution in [0.2, 0.25) is 15.1 Å². The van der Waals surface area contributed by atoms with Gasteiger partial charge in [-0.3, -0.25) is 14.4 Å². The smallest absolute Gasteiger partial charge is 0.311 e. The second-order valence-corrected chi connectivity index (χ2v) is 7.70. The van der Waals surface area contributed by atoms with Crippen molar-refractivity contribution in [2.45, 2.75) is 6.42 Å². The lowest BCUT2D eigenvalue weighted by molar-refractivity contribution is -0.151. The van der Waals surface area contributed by atoms with E-state index < -0.39 is 24.4 Å². The third-order valence-corrected chi connectivity index (χ3v) is 5.52. The fourth-order valence-corrected chi connectivity index (χ4v) is 3.53. The summed E-state index contributed by atoms with van der Waals surface area (Å²) >= 11 is 17.9. The van der Waals surface area contributed by atoms with Crippen molar-refractivity contribution in [2.24, 2.45) is 5.92 Å². The van der Waals surface area contributed by atoms with Crippen LogP contribution in [0, 0.1) is 5.92 Å². The number of rotatable bonds is 6. The number of ether oxygens (including phenoxy) is 2. The van der Waals surface area contributed by atoms with Gasteiger partial charge in [0.2, 0.25) is 5.91 Å². The van der Waals surface area contributed by atoms with E-state index in [4.69, 9.17) is 44.3 Å². The molecule has 1 fully saturated rings. The summed E-state index contributed by atoms with van der Waals surface area (Å²) in [6, 6.07) is 9.65. The van der Waals surface area contributed by atoms with E-state index in [1.807, 2.05) is 0 Å². The van der Waals surface area contributed by atoms with E-state index in [1.165, 1.54) is 12.0 Å². The summed E-state index contributed by atoms with van der Waals surface area (Å²) in [6.07, 6.45) is -0.0454. The van der Waals surface area contributed by atoms with Crippen LogP contribution in [0.4, 0.5) is 11.4 Å². The summed E-state index contributed by atoms with van der Waals surface area (Å²) in [6.45, 7) is -0.428. The molecule has 0 unspecified atom stereocenters. The molecule has 0 radical (unpaired) electrons. The quantitative estimate of drug-likeness (QED) is 0.639. The lowest BCUT2D eigenvalue weighted by Gasteiger charge is -2.19. The molecule has 1 aliphatic heterocycles. The van der Waals surface area contributed by atoms with Gasteiger partial charge in [-0.1, -0.05) is 40.9 Å². The first kappa shape index (κ1) is 22.2. The average molecular weight is 472 g/mol. The molecule has 0 spiro atoms. The van der Waals surface area contributed by atoms with Gasteiger partial charge >= 0.3 is 5.97 Å². The second kappa shape index (κ2) is 9.55. The summed E-state index contributed by atoms with van der Waals surface area (Å²) < 4.78 is 10.3. The molecule has 1 heterocycles. The first-order valence-electron chi connectivity index (χ1n) is 8.84. The SMILES string of the molecule is COc1ccc(Cl)cc1N1C[C@H](C(=O)OCC(=O)Nc2cccc(Cl)c2Cl)CC1=O. The van der Waals surface area contributed by atoms with Crippen molar-refractivity contribution in [1.29, 1.82) is 0 Å². The number of halogens is 3. The predicted octanol–water partition coefficient (Wildman–Crippen LogP) is 4.19. The van der Waals surface area contributed by atoms with Crippen LogP contribution in [0.1, 0.15) is 6.42 Å². The molecule has 1 atom stereocenters. The van der Waals surface area contributed by atoms with Gasteiger partial charge in [0.25, 0.3) is 5.91 Å². The number of carbonyl (C=O) groups excluding carboxylic acids is 3. The Bertz CT molecular complexity index is 998. The molecule has 2 aromatic carbocycles. The van der Waals surface area contributed by atoms with Gasteiger partial charge < -0.3 is 19.7 Å². The van der Waals surface area contributed by atoms with Crippen molar-refractivity contribution in [3.05, 3.63) is 51.5 Å². The van der Waals surface area contributed by atoms with Gasteiger partial charge in [0.05, 0.1) is 34.4 Å². The zero-order valence-electron chi connectivity index (χ0n) is 15.8. The third kappa shape index (κ3) is 4.98. The molecule has 30 heavy (non-hydrogen) atoms. The Morgan fingerprint density at radius 1 is 1.20 bits per heavy atom. The molecule has 1 saturated heterocycles. The van der Waals surface area contributed by atoms with E-state index in [0.29, 0.717) is 22.1 Å². The first-order chi connectivity index (χ1) is 14.3. The zero-order chi connectivity index (χ0) is 21.8. The Morgan fingerprint density at radius 2 is 1.97 bits per heavy atom. The number of benzene rings is 2. The van der Waals surface area contributed by atoms with Crippen molar-refractivity contribution < 1.29 is 23.9 Å². The summed E-state index contributed by atoms with van der Waals surface area (Å²) in [7, 11) is 1.48. The normalized spacial score (nSPS) is 15.8. The van der Waals surface area contributed by atoms with Crippen LogP contribution in [0.5, 0.6) is 5.75 Å². The number of nitrogens with zero attached hydrogens (tertiary/aromatic N) is 1. The molecule has 10 heteroatoms. The molecular formula is C20H17Cl3N2O5. The molecule has 0 saturated carbocycles. The molecule has 2 amide bonds. The van der Waals surface area contributed by atoms with Crippen LogP contribution in [0.15, 0.2) is 36.4 Å². The van der Waals surface area contributed by atoms with Gasteiger partial charge in [-0.25, -0.2) is 0 Å². The lowest BCUT2D eigenvalue weighted by atomic mass is 10.1. The minimum absolute atomic E-state index is 0.0454. The molecule has 3 rings (SSSR count). The Labute approximate surface area is 187 Å². The highest BCUT2D eigenvalue weighted by Gasteiger charge is 2.37. The summed E-state index contributed by atoms with van der Waals surface area (Å²) in [5.41, 5.74) is 0.777. The Kier molecular flexibility index (Phi) is 7.07. The minimum Gasteiger partial charge on any atom is -0.495 e. The number of esters is 1. The highest BCUT2D eigenvalue weighted by Crippen LogP contribution is 2.35. The van der Waals surface area contributed by atoms with E-state index in [2.05, 4.69) is 5.32 Å². The largest absolute Gasteiger partial charge is 0.495 e. The summed E-state index contributed by atoms with van der Waals surface area (Å²) in [5.74, 6) is -1.76. The fraction of sp³-hybridized carbons (Fsp3) is 0.250. The maximum absolute atomic E-state index is 12.4. The van der Waals surface area contributed by atoms with E-state index in [0.717, 1.165) is 0 Å². The van der Waals surface area contributed by atoms with Gasteiger partial charge in [0, 0.05) is 18.0 Å². The fourth-order valence-electron chi connectivity index (χ4n) is 3.01. The number of methoxy groups -OCH3 is 1. The van der Waals surface area contributed by atoms with Crippen molar-refractivity contribution >= 4 is 64.0 Å². The Balaban J connectivity index is 1.59. The number of hydrogen-bond donors (Lipinski definition) is 1. The molecular weight excluding hydrogens is 455 g/mol. The number of carbonyl (C=O) groups is 3. The zero-order valence-corrected chi connectivity index (χ0v) is 18.1. The van der Waals surface area contributed by atoms with Crippen molar-refractivity contribution in [3.8, 4) is 5.75 Å². The van der Waals surface area contributed by atoms with Crippen molar-refractivity contribution in [3.63, 3.8) is 0 Å². The molecule has 7 nitrogen and oxygen atoms in total. The minimum atomic E-state index is -0.719. The van der Waals surface area contributed by atoms with Gasteiger partial charge in [-0.2, -0.15) is 0 Å². The average Bonchev–Trinajstić information content (AvgIpc) is 3.11. The maximum Gasteiger partial charge on any atom is 0.311 e. The topological polar surface area (TPSA) is 84.9 Å². The van der Waals surface area contributed by atoms with Crippen LogP contribution in [-0.2, 0) is 19.1 Å². The molecule has 0 bridgehead atoms. The maximum atomic E-state index is 12.4. The van der Waals surface area contributed by atoms with E-state index in [1.54, 1.807) is 36.4 Å². The van der Waals surface area contributed by atoms with E-state index in [-0.39, 0.29) is 28.9 Å². The standard InChI is InChI=1S/C20H17Cl3N2O5/c1-29-16-6-5-12(21)8-15(16)25-9-11(7-18(25)27)20(28)30-10-17(26)24-14-4-2-3-13(22)19(14)23/h2-6,8,11H,7,9-10H2,1H3,(H,24,26)/t11-/m1/s1. The third-order valence-electron chi connectivity index (χ3n) is 4.46. The number of hydrogen-bond acceptors (Lipinski definition) is 5. The molecule has 1 aliphatic rings. The van der Waals surface area contributed by atoms with Crippen molar-refractivity contribution in [1.82, 2.24) is 0 Å². The van der Waals surface area contributed by atoms with Crippen molar-refractivity contribution in [2.75, 3.05) is 30.5 Å². The predicted molar refractivity (Wildman–Crippen MR) is 115 cm³/mol. The summed E-state index contributed by atoms with van der Waals surface area (Å²) in [4.78, 5) is 38.3. The first-order valence-corrected chi connectivity index (χ1v) is 9.98. The Hall–Kier alpha value is -2.48. The second-order valence-electron chi connectivity index (χ2n) is 6.48. The van der Waals surface area contributed by atoms with E-state index >= 15 is 0 Å². The van der Waals surface area contributed by atoms with Crippen LogP contribution in [0.3, 0.4) is 0 Å². The molecule has 2 aromatic rings. The van der Waals surface area contributed by atoms with Crippen LogP contribution in [-0.4, -0.2) is 38.0 Å². The lowest BCUT2D eigenvalue weighted by Crippen LogP contribution is -2.28. The van der Waals surface area contributed by atoms with Crippen LogP contribution in [0.25, 0.3) is 0 Å². The highest BCUT2D eigenvalue weighted by molar-refractivity contribution is 6.44. The monoisotopic (exact) mass is 470 g/mol. The molecule has 0 aliphatic carbocycles. The Morgan fingerprint density at radius 3 is 2.70 bits per heavy atom.